The third-order valence-electron chi connectivity index (χ3n) is 9.00. The van der Waals surface area contributed by atoms with Crippen molar-refractivity contribution in [2.75, 3.05) is 19.0 Å². The fraction of sp³-hybridized carbons (Fsp3) is 0.314. The van der Waals surface area contributed by atoms with Crippen LogP contribution in [0.15, 0.2) is 58.4 Å². The molecule has 2 aliphatic rings. The lowest BCUT2D eigenvalue weighted by molar-refractivity contribution is -0.119. The number of methoxy groups -OCH3 is 1. The second-order valence-electron chi connectivity index (χ2n) is 11.9. The van der Waals surface area contributed by atoms with Crippen molar-refractivity contribution in [2.24, 2.45) is 19.8 Å². The van der Waals surface area contributed by atoms with E-state index in [1.54, 1.807) is 14.2 Å². The maximum absolute atomic E-state index is 13.0. The highest BCUT2D eigenvalue weighted by Gasteiger charge is 2.22. The zero-order valence-electron chi connectivity index (χ0n) is 27.3. The van der Waals surface area contributed by atoms with E-state index >= 15 is 0 Å². The van der Waals surface area contributed by atoms with Gasteiger partial charge >= 0.3 is 5.69 Å². The van der Waals surface area contributed by atoms with Gasteiger partial charge in [-0.3, -0.25) is 18.7 Å². The average molecular weight is 669 g/mol. The molecule has 0 bridgehead atoms. The predicted octanol–water partition coefficient (Wildman–Crippen LogP) is 4.18. The number of hydrogen-bond donors (Lipinski definition) is 3. The number of nitrogens with two attached hydrogens (primary N) is 1. The van der Waals surface area contributed by atoms with Crippen LogP contribution in [0.5, 0.6) is 5.88 Å². The molecule has 2 aromatic carbocycles. The summed E-state index contributed by atoms with van der Waals surface area (Å²) in [4.78, 5) is 49.2. The van der Waals surface area contributed by atoms with E-state index in [0.717, 1.165) is 63.9 Å². The Balaban J connectivity index is 0.000000441. The number of halogens is 1. The first kappa shape index (κ1) is 32.9. The number of nitrogens with zero attached hydrogens (tertiary/aromatic N) is 5. The number of fused-ring (bicyclic) bond motifs is 2. The zero-order chi connectivity index (χ0) is 34.1. The lowest BCUT2D eigenvalue weighted by atomic mass is 9.96. The maximum Gasteiger partial charge on any atom is 0.332 e. The van der Waals surface area contributed by atoms with Crippen LogP contribution < -0.4 is 32.4 Å². The molecule has 4 heterocycles. The van der Waals surface area contributed by atoms with Gasteiger partial charge in [-0.2, -0.15) is 0 Å². The van der Waals surface area contributed by atoms with E-state index in [1.807, 2.05) is 43.3 Å². The average Bonchev–Trinajstić information content (AvgIpc) is 3.76. The molecule has 5 aromatic rings. The van der Waals surface area contributed by atoms with Crippen molar-refractivity contribution in [3.63, 3.8) is 0 Å². The van der Waals surface area contributed by atoms with Gasteiger partial charge in [0.25, 0.3) is 5.56 Å². The Labute approximate surface area is 282 Å². The number of hydrogen-bond acceptors (Lipinski definition) is 9. The van der Waals surface area contributed by atoms with Crippen molar-refractivity contribution in [1.29, 1.82) is 0 Å². The van der Waals surface area contributed by atoms with E-state index in [4.69, 9.17) is 27.1 Å². The lowest BCUT2D eigenvalue weighted by Gasteiger charge is -2.17. The van der Waals surface area contributed by atoms with Crippen LogP contribution in [-0.4, -0.2) is 49.7 Å². The van der Waals surface area contributed by atoms with Crippen LogP contribution in [0.1, 0.15) is 36.0 Å². The van der Waals surface area contributed by atoms with Crippen molar-refractivity contribution in [2.45, 2.75) is 45.1 Å². The first-order chi connectivity index (χ1) is 23.1. The molecule has 0 radical (unpaired) electrons. The van der Waals surface area contributed by atoms with Gasteiger partial charge < -0.3 is 21.1 Å². The molecular weight excluding hydrogens is 632 g/mol. The number of nitrogens with one attached hydrogen (secondary N) is 2. The lowest BCUT2D eigenvalue weighted by Crippen LogP contribution is -2.37. The molecule has 248 valence electrons. The molecule has 4 N–H and O–H groups in total. The molecule has 1 fully saturated rings. The highest BCUT2D eigenvalue weighted by atomic mass is 35.5. The van der Waals surface area contributed by atoms with E-state index in [-0.39, 0.29) is 23.0 Å². The van der Waals surface area contributed by atoms with Gasteiger partial charge in [0.1, 0.15) is 17.5 Å². The normalized spacial score (nSPS) is 15.1. The van der Waals surface area contributed by atoms with E-state index in [0.29, 0.717) is 29.7 Å². The van der Waals surface area contributed by atoms with Crippen LogP contribution >= 0.6 is 11.6 Å². The van der Waals surface area contributed by atoms with E-state index in [2.05, 4.69) is 26.7 Å². The van der Waals surface area contributed by atoms with Gasteiger partial charge in [0.15, 0.2) is 5.65 Å². The van der Waals surface area contributed by atoms with Gasteiger partial charge in [0.05, 0.1) is 17.8 Å². The van der Waals surface area contributed by atoms with Gasteiger partial charge in [-0.15, -0.1) is 0 Å². The molecule has 3 aromatic heterocycles. The molecule has 7 rings (SSSR count). The third-order valence-corrected chi connectivity index (χ3v) is 9.41. The van der Waals surface area contributed by atoms with Gasteiger partial charge in [-0.05, 0) is 61.4 Å². The Morgan fingerprint density at radius 1 is 1.02 bits per heavy atom. The number of benzene rings is 2. The van der Waals surface area contributed by atoms with Crippen LogP contribution in [0.2, 0.25) is 5.02 Å². The number of anilines is 2. The van der Waals surface area contributed by atoms with Crippen molar-refractivity contribution in [3.8, 4) is 28.3 Å². The minimum Gasteiger partial charge on any atom is -0.481 e. The van der Waals surface area contributed by atoms with Crippen LogP contribution in [0.3, 0.4) is 0 Å². The van der Waals surface area contributed by atoms with Gasteiger partial charge in [-0.1, -0.05) is 41.9 Å². The molecule has 1 saturated heterocycles. The van der Waals surface area contributed by atoms with E-state index in [9.17, 15) is 14.4 Å². The summed E-state index contributed by atoms with van der Waals surface area (Å²) < 4.78 is 7.99. The predicted molar refractivity (Wildman–Crippen MR) is 187 cm³/mol. The Bertz CT molecular complexity index is 2180. The van der Waals surface area contributed by atoms with Gasteiger partial charge in [0, 0.05) is 55.5 Å². The number of pyridine rings is 1. The molecule has 0 spiro atoms. The van der Waals surface area contributed by atoms with Crippen LogP contribution in [-0.2, 0) is 31.7 Å². The minimum absolute atomic E-state index is 0.139. The minimum atomic E-state index is -0.469. The molecule has 12 nitrogen and oxygen atoms in total. The van der Waals surface area contributed by atoms with E-state index < -0.39 is 11.2 Å². The second kappa shape index (κ2) is 13.6. The van der Waals surface area contributed by atoms with Crippen LogP contribution in [0.25, 0.3) is 33.4 Å². The largest absolute Gasteiger partial charge is 0.481 e. The molecule has 13 heteroatoms. The standard InChI is InChI=1S/C30H27ClN6O3.C5H10N2O/c1-16-18(20-11-6-12-21(25(20)31)23-14-17-8-5-10-19(17)28(35-23)40-4)9-7-13-22(16)34-26-24-27(33-15-32-26)36(2)30(39)37(3)29(24)38;6-3-4-1-2-5(8)7-4/h6-7,9,11-15H,5,8,10H2,1-4H3,(H,32,33,34);4H,1-3,6H2,(H,7,8). The summed E-state index contributed by atoms with van der Waals surface area (Å²) in [5.74, 6) is 1.12. The Kier molecular flexibility index (Phi) is 9.29. The topological polar surface area (TPSA) is 159 Å². The highest BCUT2D eigenvalue weighted by Crippen LogP contribution is 2.41. The summed E-state index contributed by atoms with van der Waals surface area (Å²) in [7, 11) is 4.67. The first-order valence-corrected chi connectivity index (χ1v) is 16.1. The summed E-state index contributed by atoms with van der Waals surface area (Å²) in [5.41, 5.74) is 12.1. The molecule has 1 unspecified atom stereocenters. The van der Waals surface area contributed by atoms with Crippen molar-refractivity contribution >= 4 is 40.0 Å². The zero-order valence-corrected chi connectivity index (χ0v) is 28.0. The van der Waals surface area contributed by atoms with Crippen molar-refractivity contribution in [3.05, 3.63) is 91.3 Å². The number of aryl methyl sites for hydroxylation is 2. The molecule has 1 aliphatic heterocycles. The Morgan fingerprint density at radius 3 is 2.48 bits per heavy atom. The molecule has 48 heavy (non-hydrogen) atoms. The fourth-order valence-corrected chi connectivity index (χ4v) is 6.65. The summed E-state index contributed by atoms with van der Waals surface area (Å²) in [6, 6.07) is 14.1. The first-order valence-electron chi connectivity index (χ1n) is 15.8. The third kappa shape index (κ3) is 6.04. The number of carbonyl (C=O) groups is 1. The molecule has 0 saturated carbocycles. The molecular formula is C35H37ClN8O4. The van der Waals surface area contributed by atoms with Crippen LogP contribution in [0, 0.1) is 6.92 Å². The number of amides is 1. The second-order valence-corrected chi connectivity index (χ2v) is 12.3. The number of rotatable bonds is 6. The summed E-state index contributed by atoms with van der Waals surface area (Å²) in [6.45, 7) is 2.56. The Morgan fingerprint density at radius 2 is 1.77 bits per heavy atom. The molecule has 1 atom stereocenters. The smallest absolute Gasteiger partial charge is 0.332 e. The fourth-order valence-electron chi connectivity index (χ4n) is 6.33. The Hall–Kier alpha value is -5.07. The van der Waals surface area contributed by atoms with E-state index in [1.165, 1.54) is 29.1 Å². The SMILES string of the molecule is COc1nc(-c2cccc(-c3cccc(Nc4ncnc5c4c(=O)n(C)c(=O)n5C)c3C)c2Cl)cc2c1CCC2.NCC1CCC(=O)N1. The summed E-state index contributed by atoms with van der Waals surface area (Å²) in [6.07, 6.45) is 5.97. The van der Waals surface area contributed by atoms with Crippen LogP contribution in [0.4, 0.5) is 11.5 Å². The number of aromatic nitrogens is 5. The number of carbonyl (C=O) groups excluding carboxylic acids is 1. The maximum atomic E-state index is 13.0. The highest BCUT2D eigenvalue weighted by molar-refractivity contribution is 6.36. The molecule has 1 aliphatic carbocycles. The summed E-state index contributed by atoms with van der Waals surface area (Å²) in [5, 5.41) is 6.86. The summed E-state index contributed by atoms with van der Waals surface area (Å²) >= 11 is 7.06. The monoisotopic (exact) mass is 668 g/mol. The van der Waals surface area contributed by atoms with Gasteiger partial charge in [-0.25, -0.2) is 19.7 Å². The number of ether oxygens (including phenoxy) is 1. The van der Waals surface area contributed by atoms with Gasteiger partial charge in [0.2, 0.25) is 11.8 Å². The van der Waals surface area contributed by atoms with Crippen molar-refractivity contribution < 1.29 is 9.53 Å². The van der Waals surface area contributed by atoms with Crippen molar-refractivity contribution in [1.82, 2.24) is 29.4 Å². The molecule has 1 amide bonds. The quantitative estimate of drug-likeness (QED) is 0.241.